The Morgan fingerprint density at radius 1 is 1.07 bits per heavy atom. The van der Waals surface area contributed by atoms with E-state index < -0.39 is 0 Å². The maximum absolute atomic E-state index is 13.5. The van der Waals surface area contributed by atoms with Crippen LogP contribution in [0.15, 0.2) is 79.8 Å². The number of carbonyl (C=O) groups is 1. The molecule has 0 unspecified atom stereocenters. The molecule has 0 saturated carbocycles. The van der Waals surface area contributed by atoms with Gasteiger partial charge in [0.1, 0.15) is 23.2 Å². The third-order valence-electron chi connectivity index (χ3n) is 7.32. The van der Waals surface area contributed by atoms with Crippen LogP contribution in [0, 0.1) is 5.82 Å². The lowest BCUT2D eigenvalue weighted by atomic mass is 10.0. The Morgan fingerprint density at radius 2 is 1.83 bits per heavy atom. The van der Waals surface area contributed by atoms with Crippen LogP contribution in [0.4, 0.5) is 27.3 Å². The van der Waals surface area contributed by atoms with Crippen LogP contribution in [-0.2, 0) is 4.79 Å². The number of hydrogen-bond acceptors (Lipinski definition) is 7. The van der Waals surface area contributed by atoms with E-state index in [1.54, 1.807) is 31.6 Å². The van der Waals surface area contributed by atoms with Crippen molar-refractivity contribution in [3.8, 4) is 22.8 Å². The second-order valence-corrected chi connectivity index (χ2v) is 10.1. The average Bonchev–Trinajstić information content (AvgIpc) is 3.48. The first-order valence-electron chi connectivity index (χ1n) is 13.5. The van der Waals surface area contributed by atoms with Crippen LogP contribution in [0.3, 0.4) is 0 Å². The molecule has 0 spiro atoms. The molecule has 2 aromatic heterocycles. The van der Waals surface area contributed by atoms with Crippen LogP contribution in [0.1, 0.15) is 12.8 Å². The monoisotopic (exact) mass is 555 g/mol. The van der Waals surface area contributed by atoms with Crippen LogP contribution in [-0.4, -0.2) is 65.7 Å². The van der Waals surface area contributed by atoms with E-state index in [9.17, 15) is 9.18 Å². The zero-order chi connectivity index (χ0) is 28.9. The first kappa shape index (κ1) is 27.9. The number of piperidine rings is 1. The summed E-state index contributed by atoms with van der Waals surface area (Å²) in [5, 5.41) is 6.32. The zero-order valence-electron chi connectivity index (χ0n) is 23.5. The van der Waals surface area contributed by atoms with Gasteiger partial charge < -0.3 is 25.2 Å². The van der Waals surface area contributed by atoms with Gasteiger partial charge in [0.15, 0.2) is 0 Å². The molecule has 0 aliphatic carbocycles. The molecule has 1 aliphatic heterocycles. The van der Waals surface area contributed by atoms with Crippen molar-refractivity contribution in [2.45, 2.75) is 18.9 Å². The number of imidazole rings is 1. The quantitative estimate of drug-likeness (QED) is 0.265. The fourth-order valence-electron chi connectivity index (χ4n) is 5.10. The summed E-state index contributed by atoms with van der Waals surface area (Å²) in [5.41, 5.74) is 3.80. The normalized spacial score (nSPS) is 13.7. The molecule has 5 rings (SSSR count). The first-order chi connectivity index (χ1) is 19.9. The van der Waals surface area contributed by atoms with E-state index in [2.05, 4.69) is 51.1 Å². The minimum Gasteiger partial charge on any atom is -0.494 e. The van der Waals surface area contributed by atoms with Crippen LogP contribution in [0.5, 0.6) is 5.75 Å². The summed E-state index contributed by atoms with van der Waals surface area (Å²) in [6.45, 7) is 5.34. The number of nitrogens with zero attached hydrogens (tertiary/aromatic N) is 5. The van der Waals surface area contributed by atoms with Crippen molar-refractivity contribution in [2.24, 2.45) is 0 Å². The molecule has 0 atom stereocenters. The van der Waals surface area contributed by atoms with E-state index in [1.165, 1.54) is 18.2 Å². The van der Waals surface area contributed by atoms with Gasteiger partial charge in [-0.1, -0.05) is 6.58 Å². The number of hydrogen-bond donors (Lipinski definition) is 2. The Bertz CT molecular complexity index is 1530. The molecule has 9 nitrogen and oxygen atoms in total. The summed E-state index contributed by atoms with van der Waals surface area (Å²) >= 11 is 0. The van der Waals surface area contributed by atoms with Crippen LogP contribution < -0.4 is 20.3 Å². The maximum atomic E-state index is 13.5. The molecule has 4 aromatic rings. The van der Waals surface area contributed by atoms with Gasteiger partial charge in [-0.2, -0.15) is 0 Å². The van der Waals surface area contributed by atoms with Crippen molar-refractivity contribution >= 4 is 28.8 Å². The van der Waals surface area contributed by atoms with Gasteiger partial charge in [0, 0.05) is 55.4 Å². The molecule has 10 heteroatoms. The van der Waals surface area contributed by atoms with Crippen molar-refractivity contribution in [3.63, 3.8) is 0 Å². The van der Waals surface area contributed by atoms with Crippen molar-refractivity contribution < 1.29 is 13.9 Å². The molecule has 41 heavy (non-hydrogen) atoms. The third-order valence-corrected chi connectivity index (χ3v) is 7.32. The summed E-state index contributed by atoms with van der Waals surface area (Å²) in [6.07, 6.45) is 8.54. The fraction of sp³-hybridized carbons (Fsp3) is 0.258. The lowest BCUT2D eigenvalue weighted by Gasteiger charge is -2.37. The van der Waals surface area contributed by atoms with Gasteiger partial charge in [0.05, 0.1) is 29.9 Å². The predicted molar refractivity (Wildman–Crippen MR) is 161 cm³/mol. The van der Waals surface area contributed by atoms with Crippen LogP contribution >= 0.6 is 0 Å². The molecule has 1 amide bonds. The molecule has 1 fully saturated rings. The fourth-order valence-corrected chi connectivity index (χ4v) is 5.10. The number of rotatable bonds is 9. The molecular formula is C31H34FN7O2. The van der Waals surface area contributed by atoms with Gasteiger partial charge in [-0.05, 0) is 69.4 Å². The van der Waals surface area contributed by atoms with Gasteiger partial charge >= 0.3 is 0 Å². The van der Waals surface area contributed by atoms with Crippen molar-refractivity contribution in [1.29, 1.82) is 0 Å². The van der Waals surface area contributed by atoms with Crippen molar-refractivity contribution in [2.75, 3.05) is 49.8 Å². The summed E-state index contributed by atoms with van der Waals surface area (Å²) in [6, 6.07) is 14.3. The number of ether oxygens (including phenoxy) is 1. The standard InChI is InChI=1S/C31H34FN7O2/c1-5-30(40)36-25-19-26(28(41-4)20-27(25)38-15-11-23(12-16-38)37(2)3)35-29-18-24(10-13-33-29)39-17-14-34-31(39)21-6-8-22(32)9-7-21/h5-10,13-14,17-20,23H,1,11-12,15-16H2,2-4H3,(H,33,35)(H,36,40). The number of anilines is 4. The number of pyridine rings is 1. The minimum atomic E-state index is -0.302. The summed E-state index contributed by atoms with van der Waals surface area (Å²) in [7, 11) is 5.84. The molecule has 0 radical (unpaired) electrons. The average molecular weight is 556 g/mol. The highest BCUT2D eigenvalue weighted by molar-refractivity contribution is 6.02. The molecule has 2 N–H and O–H groups in total. The van der Waals surface area contributed by atoms with Crippen molar-refractivity contribution in [3.05, 3.63) is 85.6 Å². The third kappa shape index (κ3) is 6.22. The van der Waals surface area contributed by atoms with Crippen LogP contribution in [0.25, 0.3) is 17.1 Å². The van der Waals surface area contributed by atoms with E-state index in [0.717, 1.165) is 42.9 Å². The highest BCUT2D eigenvalue weighted by Gasteiger charge is 2.24. The lowest BCUT2D eigenvalue weighted by molar-refractivity contribution is -0.111. The minimum absolute atomic E-state index is 0.293. The topological polar surface area (TPSA) is 87.5 Å². The Balaban J connectivity index is 1.46. The second kappa shape index (κ2) is 12.2. The largest absolute Gasteiger partial charge is 0.494 e. The number of amides is 1. The van der Waals surface area contributed by atoms with Gasteiger partial charge in [0.2, 0.25) is 5.91 Å². The summed E-state index contributed by atoms with van der Waals surface area (Å²) in [5.74, 6) is 1.27. The Hall–Kier alpha value is -4.70. The molecule has 1 aliphatic rings. The zero-order valence-corrected chi connectivity index (χ0v) is 23.5. The highest BCUT2D eigenvalue weighted by atomic mass is 19.1. The Labute approximate surface area is 239 Å². The lowest BCUT2D eigenvalue weighted by Crippen LogP contribution is -2.42. The smallest absolute Gasteiger partial charge is 0.247 e. The number of carbonyl (C=O) groups excluding carboxylic acids is 1. The van der Waals surface area contributed by atoms with Gasteiger partial charge in [0.25, 0.3) is 0 Å². The molecular weight excluding hydrogens is 521 g/mol. The Morgan fingerprint density at radius 3 is 2.51 bits per heavy atom. The van der Waals surface area contributed by atoms with E-state index in [1.807, 2.05) is 35.0 Å². The number of halogens is 1. The highest BCUT2D eigenvalue weighted by Crippen LogP contribution is 2.39. The molecule has 3 heterocycles. The Kier molecular flexibility index (Phi) is 8.30. The van der Waals surface area contributed by atoms with Gasteiger partial charge in [-0.15, -0.1) is 0 Å². The SMILES string of the molecule is C=CC(=O)Nc1cc(Nc2cc(-n3ccnc3-c3ccc(F)cc3)ccn2)c(OC)cc1N1CCC(N(C)C)CC1. The molecule has 2 aromatic carbocycles. The molecule has 0 bridgehead atoms. The number of aromatic nitrogens is 3. The van der Waals surface area contributed by atoms with E-state index in [-0.39, 0.29) is 11.7 Å². The summed E-state index contributed by atoms with van der Waals surface area (Å²) in [4.78, 5) is 25.9. The number of methoxy groups -OCH3 is 1. The van der Waals surface area contributed by atoms with Crippen LogP contribution in [0.2, 0.25) is 0 Å². The van der Waals surface area contributed by atoms with Gasteiger partial charge in [-0.25, -0.2) is 14.4 Å². The first-order valence-corrected chi connectivity index (χ1v) is 13.5. The van der Waals surface area contributed by atoms with Gasteiger partial charge in [-0.3, -0.25) is 9.36 Å². The van der Waals surface area contributed by atoms with E-state index in [4.69, 9.17) is 4.74 Å². The second-order valence-electron chi connectivity index (χ2n) is 10.1. The predicted octanol–water partition coefficient (Wildman–Crippen LogP) is 5.48. The van der Waals surface area contributed by atoms with Crippen molar-refractivity contribution in [1.82, 2.24) is 19.4 Å². The number of benzene rings is 2. The maximum Gasteiger partial charge on any atom is 0.247 e. The summed E-state index contributed by atoms with van der Waals surface area (Å²) < 4.78 is 21.2. The van der Waals surface area contributed by atoms with E-state index >= 15 is 0 Å². The molecule has 1 saturated heterocycles. The number of nitrogens with one attached hydrogen (secondary N) is 2. The molecule has 212 valence electrons. The van der Waals surface area contributed by atoms with E-state index in [0.29, 0.717) is 34.8 Å².